The fraction of sp³-hybridized carbons (Fsp3) is 0.632. The number of nitrogens with two attached hydrogens (primary N) is 1. The third-order valence-electron chi connectivity index (χ3n) is 6.51. The summed E-state index contributed by atoms with van der Waals surface area (Å²) in [4.78, 5) is 15.0. The first kappa shape index (κ1) is 18.7. The number of sulfonamides is 1. The first-order chi connectivity index (χ1) is 12.9. The molecular formula is C19H27N3O4S. The van der Waals surface area contributed by atoms with Gasteiger partial charge in [0.15, 0.2) is 0 Å². The molecule has 1 heterocycles. The minimum absolute atomic E-state index is 0.0303. The minimum atomic E-state index is -3.56. The molecule has 4 unspecified atom stereocenters. The number of hydrogen-bond donors (Lipinski definition) is 1. The molecule has 1 saturated heterocycles. The smallest absolute Gasteiger partial charge is 0.243 e. The fourth-order valence-corrected chi connectivity index (χ4v) is 6.38. The van der Waals surface area contributed by atoms with E-state index in [1.165, 1.54) is 4.31 Å². The van der Waals surface area contributed by atoms with E-state index < -0.39 is 10.0 Å². The normalized spacial score (nSPS) is 31.3. The summed E-state index contributed by atoms with van der Waals surface area (Å²) in [5, 5.41) is 0. The summed E-state index contributed by atoms with van der Waals surface area (Å²) >= 11 is 0. The Kier molecular flexibility index (Phi) is 4.90. The zero-order valence-electron chi connectivity index (χ0n) is 15.6. The zero-order valence-corrected chi connectivity index (χ0v) is 16.4. The second-order valence-electron chi connectivity index (χ2n) is 7.84. The van der Waals surface area contributed by atoms with E-state index in [2.05, 4.69) is 0 Å². The van der Waals surface area contributed by atoms with E-state index in [0.717, 1.165) is 19.3 Å². The Morgan fingerprint density at radius 1 is 1.07 bits per heavy atom. The van der Waals surface area contributed by atoms with E-state index in [9.17, 15) is 13.2 Å². The Morgan fingerprint density at radius 3 is 2.26 bits per heavy atom. The maximum absolute atomic E-state index is 13.0. The van der Waals surface area contributed by atoms with Gasteiger partial charge in [0.25, 0.3) is 0 Å². The van der Waals surface area contributed by atoms with Gasteiger partial charge in [0.1, 0.15) is 5.75 Å². The van der Waals surface area contributed by atoms with Crippen molar-refractivity contribution in [2.24, 2.45) is 23.5 Å². The molecule has 27 heavy (non-hydrogen) atoms. The van der Waals surface area contributed by atoms with Crippen LogP contribution < -0.4 is 10.5 Å². The van der Waals surface area contributed by atoms with Gasteiger partial charge in [-0.1, -0.05) is 0 Å². The van der Waals surface area contributed by atoms with Crippen LogP contribution in [-0.4, -0.2) is 62.9 Å². The van der Waals surface area contributed by atoms with Crippen molar-refractivity contribution in [3.8, 4) is 5.75 Å². The summed E-state index contributed by atoms with van der Waals surface area (Å²) in [5.74, 6) is 1.57. The lowest BCUT2D eigenvalue weighted by atomic mass is 9.84. The van der Waals surface area contributed by atoms with E-state index in [1.54, 1.807) is 31.4 Å². The maximum Gasteiger partial charge on any atom is 0.243 e. The van der Waals surface area contributed by atoms with E-state index >= 15 is 0 Å². The van der Waals surface area contributed by atoms with Crippen molar-refractivity contribution in [3.05, 3.63) is 24.3 Å². The largest absolute Gasteiger partial charge is 0.497 e. The molecule has 7 nitrogen and oxygen atoms in total. The SMILES string of the molecule is COc1ccc(S(=O)(=O)N2CCN(C(=O)C3C4CCC(C4)C3N)CC2)cc1. The first-order valence-corrected chi connectivity index (χ1v) is 11.0. The molecule has 8 heteroatoms. The number of nitrogens with zero attached hydrogens (tertiary/aromatic N) is 2. The van der Waals surface area contributed by atoms with Crippen LogP contribution in [0.1, 0.15) is 19.3 Å². The molecule has 4 atom stereocenters. The fourth-order valence-electron chi connectivity index (χ4n) is 4.96. The number of carbonyl (C=O) groups excluding carboxylic acids is 1. The molecule has 0 aromatic heterocycles. The van der Waals surface area contributed by atoms with Gasteiger partial charge in [-0.15, -0.1) is 0 Å². The summed E-state index contributed by atoms with van der Waals surface area (Å²) in [6.07, 6.45) is 3.31. The molecule has 3 fully saturated rings. The first-order valence-electron chi connectivity index (χ1n) is 9.60. The van der Waals surface area contributed by atoms with Gasteiger partial charge < -0.3 is 15.4 Å². The third kappa shape index (κ3) is 3.23. The van der Waals surface area contributed by atoms with Crippen LogP contribution in [-0.2, 0) is 14.8 Å². The molecule has 1 amide bonds. The van der Waals surface area contributed by atoms with Gasteiger partial charge in [-0.05, 0) is 55.4 Å². The van der Waals surface area contributed by atoms with E-state index in [4.69, 9.17) is 10.5 Å². The maximum atomic E-state index is 13.0. The van der Waals surface area contributed by atoms with Crippen molar-refractivity contribution in [3.63, 3.8) is 0 Å². The van der Waals surface area contributed by atoms with Crippen LogP contribution in [0.5, 0.6) is 5.75 Å². The molecule has 2 bridgehead atoms. The molecule has 2 N–H and O–H groups in total. The number of ether oxygens (including phenoxy) is 1. The number of piperazine rings is 1. The highest BCUT2D eigenvalue weighted by Gasteiger charge is 2.50. The lowest BCUT2D eigenvalue weighted by molar-refractivity contribution is -0.139. The van der Waals surface area contributed by atoms with Crippen molar-refractivity contribution < 1.29 is 17.9 Å². The Labute approximate surface area is 160 Å². The van der Waals surface area contributed by atoms with Crippen LogP contribution in [0, 0.1) is 17.8 Å². The van der Waals surface area contributed by atoms with E-state index in [1.807, 2.05) is 4.90 Å². The topological polar surface area (TPSA) is 92.9 Å². The van der Waals surface area contributed by atoms with Crippen molar-refractivity contribution in [2.45, 2.75) is 30.2 Å². The van der Waals surface area contributed by atoms with Gasteiger partial charge in [0.05, 0.1) is 17.9 Å². The summed E-state index contributed by atoms with van der Waals surface area (Å²) in [6.45, 7) is 1.48. The highest BCUT2D eigenvalue weighted by Crippen LogP contribution is 2.48. The molecule has 1 aromatic rings. The van der Waals surface area contributed by atoms with Crippen molar-refractivity contribution in [1.82, 2.24) is 9.21 Å². The molecule has 2 aliphatic carbocycles. The van der Waals surface area contributed by atoms with Gasteiger partial charge in [-0.2, -0.15) is 4.31 Å². The standard InChI is InChI=1S/C19H27N3O4S/c1-26-15-4-6-16(7-5-15)27(24,25)22-10-8-21(9-11-22)19(23)17-13-2-3-14(12-13)18(17)20/h4-7,13-14,17-18H,2-3,8-12,20H2,1H3. The van der Waals surface area contributed by atoms with Gasteiger partial charge in [-0.3, -0.25) is 4.79 Å². The van der Waals surface area contributed by atoms with Crippen LogP contribution in [0.3, 0.4) is 0 Å². The lowest BCUT2D eigenvalue weighted by Gasteiger charge is -2.38. The Morgan fingerprint density at radius 2 is 1.70 bits per heavy atom. The summed E-state index contributed by atoms with van der Waals surface area (Å²) < 4.78 is 32.2. The average molecular weight is 394 g/mol. The molecule has 1 aliphatic heterocycles. The van der Waals surface area contributed by atoms with Crippen molar-refractivity contribution in [2.75, 3.05) is 33.3 Å². The van der Waals surface area contributed by atoms with E-state index in [0.29, 0.717) is 43.8 Å². The quantitative estimate of drug-likeness (QED) is 0.820. The Hall–Kier alpha value is -1.64. The van der Waals surface area contributed by atoms with Crippen LogP contribution >= 0.6 is 0 Å². The number of rotatable bonds is 4. The van der Waals surface area contributed by atoms with Crippen LogP contribution in [0.2, 0.25) is 0 Å². The predicted octanol–water partition coefficient (Wildman–Crippen LogP) is 0.902. The Balaban J connectivity index is 1.40. The molecule has 1 aromatic carbocycles. The molecule has 0 radical (unpaired) electrons. The monoisotopic (exact) mass is 393 g/mol. The predicted molar refractivity (Wildman–Crippen MR) is 101 cm³/mol. The average Bonchev–Trinajstić information content (AvgIpc) is 3.29. The minimum Gasteiger partial charge on any atom is -0.497 e. The lowest BCUT2D eigenvalue weighted by Crippen LogP contribution is -2.54. The van der Waals surface area contributed by atoms with Crippen LogP contribution in [0.15, 0.2) is 29.2 Å². The summed E-state index contributed by atoms with van der Waals surface area (Å²) in [5.41, 5.74) is 6.30. The number of hydrogen-bond acceptors (Lipinski definition) is 5. The van der Waals surface area contributed by atoms with Gasteiger partial charge in [-0.25, -0.2) is 8.42 Å². The molecular weight excluding hydrogens is 366 g/mol. The van der Waals surface area contributed by atoms with E-state index in [-0.39, 0.29) is 22.8 Å². The highest BCUT2D eigenvalue weighted by molar-refractivity contribution is 7.89. The number of methoxy groups -OCH3 is 1. The Bertz CT molecular complexity index is 801. The second-order valence-corrected chi connectivity index (χ2v) is 9.78. The summed E-state index contributed by atoms with van der Waals surface area (Å²) in [6, 6.07) is 6.36. The molecule has 2 saturated carbocycles. The summed E-state index contributed by atoms with van der Waals surface area (Å²) in [7, 11) is -2.02. The van der Waals surface area contributed by atoms with Gasteiger partial charge >= 0.3 is 0 Å². The second kappa shape index (κ2) is 7.07. The number of benzene rings is 1. The molecule has 0 spiro atoms. The van der Waals surface area contributed by atoms with Crippen molar-refractivity contribution >= 4 is 15.9 Å². The third-order valence-corrected chi connectivity index (χ3v) is 8.43. The highest BCUT2D eigenvalue weighted by atomic mass is 32.2. The van der Waals surface area contributed by atoms with Crippen LogP contribution in [0.25, 0.3) is 0 Å². The molecule has 148 valence electrons. The zero-order chi connectivity index (χ0) is 19.2. The van der Waals surface area contributed by atoms with Crippen LogP contribution in [0.4, 0.5) is 0 Å². The van der Waals surface area contributed by atoms with Crippen molar-refractivity contribution in [1.29, 1.82) is 0 Å². The molecule has 4 rings (SSSR count). The van der Waals surface area contributed by atoms with Gasteiger partial charge in [0.2, 0.25) is 15.9 Å². The molecule has 3 aliphatic rings. The van der Waals surface area contributed by atoms with Gasteiger partial charge in [0, 0.05) is 32.2 Å². The number of carbonyl (C=O) groups is 1. The number of amides is 1. The number of fused-ring (bicyclic) bond motifs is 2.